The smallest absolute Gasteiger partial charge is 0.332 e. The van der Waals surface area contributed by atoms with E-state index in [0.29, 0.717) is 25.9 Å². The van der Waals surface area contributed by atoms with E-state index in [-0.39, 0.29) is 12.1 Å². The highest BCUT2D eigenvalue weighted by atomic mass is 16.5. The molecule has 0 radical (unpaired) electrons. The first kappa shape index (κ1) is 15.3. The Labute approximate surface area is 123 Å². The molecule has 21 heavy (non-hydrogen) atoms. The van der Waals surface area contributed by atoms with E-state index >= 15 is 0 Å². The maximum Gasteiger partial charge on any atom is 0.332 e. The number of benzene rings is 1. The Bertz CT molecular complexity index is 492. The minimum atomic E-state index is -0.941. The summed E-state index contributed by atoms with van der Waals surface area (Å²) in [6.07, 6.45) is 0.161. The molecule has 0 aliphatic carbocycles. The number of amides is 2. The SMILES string of the molecule is CCN(C(=O)NCC1CCC(C(=O)O)O1)c1ccccc1. The number of carboxylic acid groups (broad SMARTS) is 1. The van der Waals surface area contributed by atoms with Crippen LogP contribution in [0.1, 0.15) is 19.8 Å². The van der Waals surface area contributed by atoms with Crippen molar-refractivity contribution >= 4 is 17.7 Å². The molecule has 0 spiro atoms. The topological polar surface area (TPSA) is 78.9 Å². The summed E-state index contributed by atoms with van der Waals surface area (Å²) in [5, 5.41) is 11.7. The van der Waals surface area contributed by atoms with Gasteiger partial charge in [-0.15, -0.1) is 0 Å². The summed E-state index contributed by atoms with van der Waals surface area (Å²) in [6, 6.07) is 9.19. The number of ether oxygens (including phenoxy) is 1. The zero-order valence-electron chi connectivity index (χ0n) is 12.0. The molecule has 2 atom stereocenters. The van der Waals surface area contributed by atoms with Gasteiger partial charge in [0.15, 0.2) is 6.10 Å². The van der Waals surface area contributed by atoms with Crippen LogP contribution in [-0.2, 0) is 9.53 Å². The first-order valence-corrected chi connectivity index (χ1v) is 7.10. The average molecular weight is 292 g/mol. The van der Waals surface area contributed by atoms with Crippen LogP contribution in [0.5, 0.6) is 0 Å². The van der Waals surface area contributed by atoms with Gasteiger partial charge in [0.1, 0.15) is 0 Å². The maximum atomic E-state index is 12.2. The number of nitrogens with one attached hydrogen (secondary N) is 1. The largest absolute Gasteiger partial charge is 0.479 e. The Balaban J connectivity index is 1.85. The van der Waals surface area contributed by atoms with E-state index in [9.17, 15) is 9.59 Å². The summed E-state index contributed by atoms with van der Waals surface area (Å²) in [5.41, 5.74) is 0.827. The number of nitrogens with zero attached hydrogens (tertiary/aromatic N) is 1. The lowest BCUT2D eigenvalue weighted by Crippen LogP contribution is -2.43. The zero-order valence-corrected chi connectivity index (χ0v) is 12.0. The third-order valence-corrected chi connectivity index (χ3v) is 3.49. The van der Waals surface area contributed by atoms with E-state index in [1.54, 1.807) is 4.90 Å². The number of anilines is 1. The summed E-state index contributed by atoms with van der Waals surface area (Å²) in [7, 11) is 0. The Kier molecular flexibility index (Phi) is 5.16. The van der Waals surface area contributed by atoms with Crippen molar-refractivity contribution in [3.05, 3.63) is 30.3 Å². The van der Waals surface area contributed by atoms with Gasteiger partial charge in [-0.2, -0.15) is 0 Å². The molecule has 1 aliphatic rings. The van der Waals surface area contributed by atoms with Crippen molar-refractivity contribution in [3.8, 4) is 0 Å². The molecule has 2 unspecified atom stereocenters. The fourth-order valence-electron chi connectivity index (χ4n) is 2.39. The lowest BCUT2D eigenvalue weighted by molar-refractivity contribution is -0.149. The van der Waals surface area contributed by atoms with Crippen LogP contribution in [0.2, 0.25) is 0 Å². The fourth-order valence-corrected chi connectivity index (χ4v) is 2.39. The first-order chi connectivity index (χ1) is 10.1. The summed E-state index contributed by atoms with van der Waals surface area (Å²) >= 11 is 0. The second-order valence-electron chi connectivity index (χ2n) is 4.93. The molecule has 0 bridgehead atoms. The lowest BCUT2D eigenvalue weighted by atomic mass is 10.2. The Morgan fingerprint density at radius 2 is 2.05 bits per heavy atom. The summed E-state index contributed by atoms with van der Waals surface area (Å²) in [5.74, 6) is -0.941. The van der Waals surface area contributed by atoms with E-state index in [4.69, 9.17) is 9.84 Å². The van der Waals surface area contributed by atoms with E-state index in [0.717, 1.165) is 5.69 Å². The van der Waals surface area contributed by atoms with Gasteiger partial charge < -0.3 is 15.2 Å². The van der Waals surface area contributed by atoms with E-state index in [2.05, 4.69) is 5.32 Å². The van der Waals surface area contributed by atoms with Gasteiger partial charge >= 0.3 is 12.0 Å². The third kappa shape index (κ3) is 3.95. The van der Waals surface area contributed by atoms with Crippen molar-refractivity contribution in [1.29, 1.82) is 0 Å². The Morgan fingerprint density at radius 3 is 2.62 bits per heavy atom. The van der Waals surface area contributed by atoms with Crippen LogP contribution < -0.4 is 10.2 Å². The van der Waals surface area contributed by atoms with Gasteiger partial charge in [-0.1, -0.05) is 18.2 Å². The summed E-state index contributed by atoms with van der Waals surface area (Å²) < 4.78 is 5.36. The number of hydrogen-bond donors (Lipinski definition) is 2. The van der Waals surface area contributed by atoms with Crippen LogP contribution in [-0.4, -0.2) is 42.4 Å². The number of rotatable bonds is 5. The molecule has 1 aliphatic heterocycles. The molecular weight excluding hydrogens is 272 g/mol. The zero-order chi connectivity index (χ0) is 15.2. The van der Waals surface area contributed by atoms with Gasteiger partial charge in [0, 0.05) is 18.8 Å². The van der Waals surface area contributed by atoms with Crippen molar-refractivity contribution in [1.82, 2.24) is 5.32 Å². The van der Waals surface area contributed by atoms with Gasteiger partial charge in [-0.05, 0) is 31.9 Å². The Morgan fingerprint density at radius 1 is 1.33 bits per heavy atom. The molecular formula is C15H20N2O4. The number of carboxylic acids is 1. The molecule has 1 heterocycles. The van der Waals surface area contributed by atoms with Crippen LogP contribution >= 0.6 is 0 Å². The molecule has 0 aromatic heterocycles. The second-order valence-corrected chi connectivity index (χ2v) is 4.93. The van der Waals surface area contributed by atoms with Gasteiger partial charge in [-0.25, -0.2) is 9.59 Å². The molecule has 2 amide bonds. The molecule has 2 N–H and O–H groups in total. The molecule has 6 heteroatoms. The van der Waals surface area contributed by atoms with Crippen LogP contribution in [0.25, 0.3) is 0 Å². The number of para-hydroxylation sites is 1. The number of hydrogen-bond acceptors (Lipinski definition) is 3. The molecule has 1 fully saturated rings. The normalized spacial score (nSPS) is 21.0. The summed E-state index contributed by atoms with van der Waals surface area (Å²) in [4.78, 5) is 24.6. The van der Waals surface area contributed by atoms with Crippen molar-refractivity contribution in [2.45, 2.75) is 32.0 Å². The quantitative estimate of drug-likeness (QED) is 0.868. The van der Waals surface area contributed by atoms with E-state index in [1.165, 1.54) is 0 Å². The second kappa shape index (κ2) is 7.08. The fraction of sp³-hybridized carbons (Fsp3) is 0.467. The number of carbonyl (C=O) groups is 2. The van der Waals surface area contributed by atoms with E-state index < -0.39 is 12.1 Å². The first-order valence-electron chi connectivity index (χ1n) is 7.10. The third-order valence-electron chi connectivity index (χ3n) is 3.49. The van der Waals surface area contributed by atoms with Gasteiger partial charge in [0.25, 0.3) is 0 Å². The molecule has 0 saturated carbocycles. The average Bonchev–Trinajstić information content (AvgIpc) is 2.96. The lowest BCUT2D eigenvalue weighted by Gasteiger charge is -2.22. The molecule has 114 valence electrons. The molecule has 2 rings (SSSR count). The molecule has 1 aromatic rings. The monoisotopic (exact) mass is 292 g/mol. The van der Waals surface area contributed by atoms with Crippen molar-refractivity contribution < 1.29 is 19.4 Å². The number of urea groups is 1. The van der Waals surface area contributed by atoms with Crippen LogP contribution in [0.15, 0.2) is 30.3 Å². The van der Waals surface area contributed by atoms with E-state index in [1.807, 2.05) is 37.3 Å². The van der Waals surface area contributed by atoms with Crippen LogP contribution in [0.4, 0.5) is 10.5 Å². The predicted octanol–water partition coefficient (Wildman–Crippen LogP) is 1.85. The van der Waals surface area contributed by atoms with Gasteiger partial charge in [0.2, 0.25) is 0 Å². The highest BCUT2D eigenvalue weighted by Crippen LogP contribution is 2.19. The van der Waals surface area contributed by atoms with Crippen molar-refractivity contribution in [2.75, 3.05) is 18.0 Å². The van der Waals surface area contributed by atoms with Gasteiger partial charge in [-0.3, -0.25) is 4.90 Å². The Hall–Kier alpha value is -2.08. The van der Waals surface area contributed by atoms with Gasteiger partial charge in [0.05, 0.1) is 6.10 Å². The number of carbonyl (C=O) groups excluding carboxylic acids is 1. The minimum Gasteiger partial charge on any atom is -0.479 e. The van der Waals surface area contributed by atoms with Crippen molar-refractivity contribution in [3.63, 3.8) is 0 Å². The van der Waals surface area contributed by atoms with Crippen molar-refractivity contribution in [2.24, 2.45) is 0 Å². The molecule has 1 saturated heterocycles. The standard InChI is InChI=1S/C15H20N2O4/c1-2-17(11-6-4-3-5-7-11)15(20)16-10-12-8-9-13(21-12)14(18)19/h3-7,12-13H,2,8-10H2,1H3,(H,16,20)(H,18,19). The highest BCUT2D eigenvalue weighted by molar-refractivity contribution is 5.91. The highest BCUT2D eigenvalue weighted by Gasteiger charge is 2.30. The summed E-state index contributed by atoms with van der Waals surface area (Å²) in [6.45, 7) is 2.78. The predicted molar refractivity (Wildman–Crippen MR) is 78.4 cm³/mol. The molecule has 1 aromatic carbocycles. The van der Waals surface area contributed by atoms with Crippen LogP contribution in [0.3, 0.4) is 0 Å². The minimum absolute atomic E-state index is 0.203. The molecule has 6 nitrogen and oxygen atoms in total. The van der Waals surface area contributed by atoms with Crippen LogP contribution in [0, 0.1) is 0 Å². The number of aliphatic carboxylic acids is 1. The maximum absolute atomic E-state index is 12.2.